The smallest absolute Gasteiger partial charge is 0.336 e. The summed E-state index contributed by atoms with van der Waals surface area (Å²) in [6, 6.07) is 20.1. The van der Waals surface area contributed by atoms with E-state index in [-0.39, 0.29) is 22.3 Å². The number of carbonyl (C=O) groups is 4. The quantitative estimate of drug-likeness (QED) is 0.198. The molecule has 0 amide bonds. The predicted molar refractivity (Wildman–Crippen MR) is 151 cm³/mol. The summed E-state index contributed by atoms with van der Waals surface area (Å²) >= 11 is 0. The van der Waals surface area contributed by atoms with Crippen LogP contribution in [-0.2, 0) is 18.3 Å². The Balaban J connectivity index is 1.45. The molecule has 1 aliphatic rings. The highest BCUT2D eigenvalue weighted by atomic mass is 16.5. The van der Waals surface area contributed by atoms with Gasteiger partial charge in [-0.05, 0) is 71.5 Å². The van der Waals surface area contributed by atoms with E-state index < -0.39 is 29.3 Å². The number of ether oxygens (including phenoxy) is 1. The lowest BCUT2D eigenvalue weighted by Crippen LogP contribution is -2.25. The molecular formula is C33H26O9. The third-order valence-electron chi connectivity index (χ3n) is 7.56. The van der Waals surface area contributed by atoms with Crippen LogP contribution in [0.25, 0.3) is 0 Å². The fourth-order valence-electron chi connectivity index (χ4n) is 5.39. The summed E-state index contributed by atoms with van der Waals surface area (Å²) in [5.41, 5.74) is 3.38. The van der Waals surface area contributed by atoms with Gasteiger partial charge < -0.3 is 25.2 Å². The van der Waals surface area contributed by atoms with E-state index in [1.54, 1.807) is 12.1 Å². The molecule has 0 radical (unpaired) electrons. The van der Waals surface area contributed by atoms with Gasteiger partial charge in [0.2, 0.25) is 0 Å². The molecule has 0 saturated heterocycles. The molecule has 0 aliphatic carbocycles. The van der Waals surface area contributed by atoms with Crippen molar-refractivity contribution in [3.8, 4) is 11.5 Å². The van der Waals surface area contributed by atoms with Crippen LogP contribution in [0.4, 0.5) is 0 Å². The number of hydrogen-bond donors (Lipinski definition) is 4. The van der Waals surface area contributed by atoms with Crippen LogP contribution in [0, 0.1) is 0 Å². The van der Waals surface area contributed by atoms with Crippen molar-refractivity contribution in [1.82, 2.24) is 0 Å². The third-order valence-corrected chi connectivity index (χ3v) is 7.56. The van der Waals surface area contributed by atoms with Crippen molar-refractivity contribution in [1.29, 1.82) is 0 Å². The van der Waals surface area contributed by atoms with E-state index in [9.17, 15) is 39.6 Å². The first-order chi connectivity index (χ1) is 19.8. The van der Waals surface area contributed by atoms with E-state index in [1.165, 1.54) is 24.3 Å². The number of aromatic carboxylic acids is 4. The monoisotopic (exact) mass is 566 g/mol. The van der Waals surface area contributed by atoms with Crippen LogP contribution in [0.3, 0.4) is 0 Å². The van der Waals surface area contributed by atoms with Crippen molar-refractivity contribution in [2.75, 3.05) is 0 Å². The van der Waals surface area contributed by atoms with Gasteiger partial charge >= 0.3 is 23.9 Å². The Hall–Kier alpha value is -5.44. The van der Waals surface area contributed by atoms with Crippen molar-refractivity contribution in [2.24, 2.45) is 0 Å². The summed E-state index contributed by atoms with van der Waals surface area (Å²) in [4.78, 5) is 46.1. The maximum absolute atomic E-state index is 11.6. The fourth-order valence-corrected chi connectivity index (χ4v) is 5.39. The van der Waals surface area contributed by atoms with Gasteiger partial charge in [0.25, 0.3) is 0 Å². The molecular weight excluding hydrogens is 540 g/mol. The van der Waals surface area contributed by atoms with E-state index in [0.717, 1.165) is 22.3 Å². The molecule has 4 N–H and O–H groups in total. The molecule has 0 aromatic heterocycles. The minimum atomic E-state index is -1.31. The summed E-state index contributed by atoms with van der Waals surface area (Å²) in [6.07, 6.45) is 0.767. The molecule has 5 rings (SSSR count). The number of rotatable bonds is 8. The Labute approximate surface area is 240 Å². The summed E-state index contributed by atoms with van der Waals surface area (Å²) in [7, 11) is 0. The molecule has 212 valence electrons. The number of carboxylic acid groups (broad SMARTS) is 4. The largest absolute Gasteiger partial charge is 0.478 e. The molecule has 9 nitrogen and oxygen atoms in total. The highest BCUT2D eigenvalue weighted by Gasteiger charge is 2.34. The van der Waals surface area contributed by atoms with Gasteiger partial charge in [-0.3, -0.25) is 0 Å². The first kappa shape index (κ1) is 28.1. The summed E-state index contributed by atoms with van der Waals surface area (Å²) in [5.74, 6) is -3.84. The van der Waals surface area contributed by atoms with Crippen LogP contribution in [0.2, 0.25) is 0 Å². The van der Waals surface area contributed by atoms with Crippen LogP contribution >= 0.6 is 0 Å². The molecule has 0 bridgehead atoms. The van der Waals surface area contributed by atoms with Gasteiger partial charge in [-0.1, -0.05) is 50.2 Å². The maximum Gasteiger partial charge on any atom is 0.336 e. The zero-order valence-electron chi connectivity index (χ0n) is 22.7. The lowest BCUT2D eigenvalue weighted by Gasteiger charge is -2.35. The Morgan fingerprint density at radius 3 is 1.21 bits per heavy atom. The van der Waals surface area contributed by atoms with Crippen LogP contribution in [0.1, 0.15) is 88.7 Å². The van der Waals surface area contributed by atoms with Crippen molar-refractivity contribution in [3.05, 3.63) is 128 Å². The maximum atomic E-state index is 11.6. The van der Waals surface area contributed by atoms with E-state index in [2.05, 4.69) is 13.8 Å². The van der Waals surface area contributed by atoms with Gasteiger partial charge in [-0.25, -0.2) is 19.2 Å². The molecule has 0 atom stereocenters. The van der Waals surface area contributed by atoms with E-state index in [4.69, 9.17) is 4.74 Å². The van der Waals surface area contributed by atoms with Crippen molar-refractivity contribution in [2.45, 2.75) is 32.1 Å². The average Bonchev–Trinajstić information content (AvgIpc) is 2.93. The molecule has 0 fully saturated rings. The van der Waals surface area contributed by atoms with Gasteiger partial charge in [0.15, 0.2) is 0 Å². The van der Waals surface area contributed by atoms with Gasteiger partial charge in [0, 0.05) is 16.5 Å². The molecule has 1 aliphatic heterocycles. The van der Waals surface area contributed by atoms with Crippen LogP contribution in [-0.4, -0.2) is 44.3 Å². The lowest BCUT2D eigenvalue weighted by atomic mass is 9.74. The minimum absolute atomic E-state index is 0.267. The number of hydrogen-bond acceptors (Lipinski definition) is 5. The van der Waals surface area contributed by atoms with Gasteiger partial charge in [0.05, 0.1) is 22.3 Å². The molecule has 42 heavy (non-hydrogen) atoms. The Bertz CT molecular complexity index is 1670. The molecule has 4 aromatic rings. The van der Waals surface area contributed by atoms with Crippen molar-refractivity contribution < 1.29 is 44.3 Å². The number of fused-ring (bicyclic) bond motifs is 2. The second kappa shape index (κ2) is 10.5. The highest BCUT2D eigenvalue weighted by molar-refractivity contribution is 6.02. The van der Waals surface area contributed by atoms with Gasteiger partial charge in [0.1, 0.15) is 11.5 Å². The molecule has 4 aromatic carbocycles. The van der Waals surface area contributed by atoms with E-state index in [1.807, 2.05) is 36.4 Å². The van der Waals surface area contributed by atoms with Crippen LogP contribution in [0.5, 0.6) is 11.5 Å². The zero-order chi connectivity index (χ0) is 30.3. The summed E-state index contributed by atoms with van der Waals surface area (Å²) in [6.45, 7) is 4.13. The normalized spacial score (nSPS) is 12.9. The summed E-state index contributed by atoms with van der Waals surface area (Å²) in [5, 5.41) is 37.6. The van der Waals surface area contributed by atoms with Gasteiger partial charge in [-0.2, -0.15) is 0 Å². The minimum Gasteiger partial charge on any atom is -0.478 e. The van der Waals surface area contributed by atoms with Crippen molar-refractivity contribution >= 4 is 23.9 Å². The fraction of sp³-hybridized carbons (Fsp3) is 0.152. The molecule has 9 heteroatoms. The third kappa shape index (κ3) is 5.19. The Morgan fingerprint density at radius 1 is 0.524 bits per heavy atom. The number of benzene rings is 4. The molecule has 0 spiro atoms. The van der Waals surface area contributed by atoms with E-state index >= 15 is 0 Å². The van der Waals surface area contributed by atoms with Crippen LogP contribution < -0.4 is 4.74 Å². The Morgan fingerprint density at radius 2 is 0.857 bits per heavy atom. The first-order valence-electron chi connectivity index (χ1n) is 13.0. The Kier molecular flexibility index (Phi) is 7.03. The summed E-state index contributed by atoms with van der Waals surface area (Å²) < 4.78 is 6.22. The van der Waals surface area contributed by atoms with E-state index in [0.29, 0.717) is 35.5 Å². The molecule has 0 unspecified atom stereocenters. The van der Waals surface area contributed by atoms with Gasteiger partial charge in [-0.15, -0.1) is 0 Å². The second-order valence-corrected chi connectivity index (χ2v) is 10.7. The SMILES string of the molecule is CC1(C)c2cc(Cc3ccc(C(=O)O)c(C(=O)O)c3)ccc2Oc2ccc(Cc3ccc(C(=O)O)c(C(=O)O)c3)cc21. The second-order valence-electron chi connectivity index (χ2n) is 10.7. The molecule has 1 heterocycles. The zero-order valence-corrected chi connectivity index (χ0v) is 22.7. The lowest BCUT2D eigenvalue weighted by molar-refractivity contribution is 0.0651. The predicted octanol–water partition coefficient (Wildman–Crippen LogP) is 6.09. The first-order valence-corrected chi connectivity index (χ1v) is 13.0. The highest BCUT2D eigenvalue weighted by Crippen LogP contribution is 2.48. The molecule has 0 saturated carbocycles. The number of carboxylic acids is 4. The topological polar surface area (TPSA) is 158 Å². The van der Waals surface area contributed by atoms with Crippen LogP contribution in [0.15, 0.2) is 72.8 Å². The van der Waals surface area contributed by atoms with Crippen molar-refractivity contribution in [3.63, 3.8) is 0 Å². The average molecular weight is 567 g/mol. The standard InChI is InChI=1S/C33H26O9/c1-33(2)25-15-19(11-17-3-7-21(29(34)35)23(13-17)31(38)39)5-9-27(25)42-28-10-6-20(16-26(28)33)12-18-4-8-22(30(36)37)24(14-18)32(40)41/h3-10,13-16H,11-12H2,1-2H3,(H,34,35)(H,36,37)(H,38,39)(H,40,41).